The summed E-state index contributed by atoms with van der Waals surface area (Å²) in [7, 11) is 4.90. The summed E-state index contributed by atoms with van der Waals surface area (Å²) in [5, 5.41) is 3.11. The van der Waals surface area contributed by atoms with E-state index in [4.69, 9.17) is 14.2 Å². The van der Waals surface area contributed by atoms with Gasteiger partial charge in [-0.1, -0.05) is 24.3 Å². The third-order valence-corrected chi connectivity index (χ3v) is 5.42. The number of para-hydroxylation sites is 1. The number of rotatable bonds is 9. The number of likely N-dealkylation sites (tertiary alicyclic amines) is 1. The molecule has 3 rings (SSSR count). The first-order valence-corrected chi connectivity index (χ1v) is 10.0. The van der Waals surface area contributed by atoms with Crippen LogP contribution in [0.15, 0.2) is 42.5 Å². The van der Waals surface area contributed by atoms with Crippen LogP contribution in [-0.2, 0) is 11.2 Å². The van der Waals surface area contributed by atoms with E-state index in [2.05, 4.69) is 16.3 Å². The van der Waals surface area contributed by atoms with Crippen LogP contribution in [0, 0.1) is 0 Å². The zero-order valence-electron chi connectivity index (χ0n) is 17.4. The normalized spacial score (nSPS) is 15.0. The van der Waals surface area contributed by atoms with Crippen molar-refractivity contribution in [3.63, 3.8) is 0 Å². The van der Waals surface area contributed by atoms with E-state index < -0.39 is 0 Å². The minimum Gasteiger partial charge on any atom is -0.497 e. The molecule has 6 heteroatoms. The molecule has 0 spiro atoms. The van der Waals surface area contributed by atoms with Gasteiger partial charge >= 0.3 is 0 Å². The van der Waals surface area contributed by atoms with E-state index in [0.717, 1.165) is 30.0 Å². The second-order valence-corrected chi connectivity index (χ2v) is 7.16. The van der Waals surface area contributed by atoms with Crippen molar-refractivity contribution in [2.45, 2.75) is 25.3 Å². The molecule has 0 aromatic heterocycles. The van der Waals surface area contributed by atoms with Crippen molar-refractivity contribution < 1.29 is 19.0 Å². The third kappa shape index (κ3) is 5.21. The molecule has 1 aliphatic rings. The highest BCUT2D eigenvalue weighted by Gasteiger charge is 2.26. The molecule has 0 aliphatic carbocycles. The second kappa shape index (κ2) is 10.2. The van der Waals surface area contributed by atoms with Crippen LogP contribution in [0.1, 0.15) is 30.0 Å². The predicted octanol–water partition coefficient (Wildman–Crippen LogP) is 3.21. The van der Waals surface area contributed by atoms with Crippen LogP contribution in [0.25, 0.3) is 0 Å². The molecule has 0 radical (unpaired) electrons. The summed E-state index contributed by atoms with van der Waals surface area (Å²) in [5.41, 5.74) is 1.94. The van der Waals surface area contributed by atoms with E-state index in [0.29, 0.717) is 18.0 Å². The molecule has 1 aliphatic heterocycles. The Bertz CT molecular complexity index is 818. The molecule has 1 atom stereocenters. The minimum atomic E-state index is -0.0347. The Morgan fingerprint density at radius 1 is 1.00 bits per heavy atom. The van der Waals surface area contributed by atoms with Gasteiger partial charge in [0.25, 0.3) is 0 Å². The van der Waals surface area contributed by atoms with Crippen molar-refractivity contribution in [3.8, 4) is 17.2 Å². The van der Waals surface area contributed by atoms with E-state index in [9.17, 15) is 4.79 Å². The lowest BCUT2D eigenvalue weighted by Crippen LogP contribution is -2.37. The largest absolute Gasteiger partial charge is 0.497 e. The Hall–Kier alpha value is -2.73. The maximum Gasteiger partial charge on any atom is 0.224 e. The standard InChI is InChI=1S/C23H30N2O4/c1-27-18-11-10-17(22(15-18)29-3)14-23(26)24-16-20(25-12-6-7-13-25)19-8-4-5-9-21(19)28-2/h4-5,8-11,15,20H,6-7,12-14,16H2,1-3H3,(H,24,26). The lowest BCUT2D eigenvalue weighted by Gasteiger charge is -2.29. The number of ether oxygens (including phenoxy) is 3. The first-order chi connectivity index (χ1) is 14.2. The van der Waals surface area contributed by atoms with Crippen molar-refractivity contribution in [1.82, 2.24) is 10.2 Å². The van der Waals surface area contributed by atoms with E-state index in [-0.39, 0.29) is 18.4 Å². The molecule has 1 N–H and O–H groups in total. The number of methoxy groups -OCH3 is 3. The molecule has 29 heavy (non-hydrogen) atoms. The Morgan fingerprint density at radius 2 is 1.72 bits per heavy atom. The highest BCUT2D eigenvalue weighted by Crippen LogP contribution is 2.31. The molecular weight excluding hydrogens is 368 g/mol. The van der Waals surface area contributed by atoms with Gasteiger partial charge in [0, 0.05) is 23.7 Å². The van der Waals surface area contributed by atoms with E-state index in [1.54, 1.807) is 27.4 Å². The van der Waals surface area contributed by atoms with Gasteiger partial charge in [-0.05, 0) is 38.1 Å². The predicted molar refractivity (Wildman–Crippen MR) is 113 cm³/mol. The Morgan fingerprint density at radius 3 is 2.41 bits per heavy atom. The van der Waals surface area contributed by atoms with E-state index >= 15 is 0 Å². The van der Waals surface area contributed by atoms with Gasteiger partial charge in [-0.15, -0.1) is 0 Å². The van der Waals surface area contributed by atoms with Crippen molar-refractivity contribution >= 4 is 5.91 Å². The molecule has 1 unspecified atom stereocenters. The Labute approximate surface area is 172 Å². The van der Waals surface area contributed by atoms with Gasteiger partial charge in [0.1, 0.15) is 17.2 Å². The summed E-state index contributed by atoms with van der Waals surface area (Å²) >= 11 is 0. The topological polar surface area (TPSA) is 60.0 Å². The number of benzene rings is 2. The number of hydrogen-bond acceptors (Lipinski definition) is 5. The van der Waals surface area contributed by atoms with Gasteiger partial charge in [0.15, 0.2) is 0 Å². The molecule has 156 valence electrons. The molecule has 2 aromatic rings. The zero-order valence-corrected chi connectivity index (χ0v) is 17.4. The zero-order chi connectivity index (χ0) is 20.6. The Balaban J connectivity index is 1.70. The average molecular weight is 399 g/mol. The van der Waals surface area contributed by atoms with Gasteiger partial charge in [-0.3, -0.25) is 9.69 Å². The van der Waals surface area contributed by atoms with Crippen LogP contribution in [0.5, 0.6) is 17.2 Å². The first kappa shape index (κ1) is 21.0. The number of amides is 1. The lowest BCUT2D eigenvalue weighted by atomic mass is 10.0. The van der Waals surface area contributed by atoms with Crippen LogP contribution >= 0.6 is 0 Å². The van der Waals surface area contributed by atoms with E-state index in [1.165, 1.54) is 12.8 Å². The highest BCUT2D eigenvalue weighted by molar-refractivity contribution is 5.79. The molecule has 1 heterocycles. The van der Waals surface area contributed by atoms with E-state index in [1.807, 2.05) is 30.3 Å². The molecule has 1 fully saturated rings. The summed E-state index contributed by atoms with van der Waals surface area (Å²) in [6.45, 7) is 2.60. The number of nitrogens with zero attached hydrogens (tertiary/aromatic N) is 1. The van der Waals surface area contributed by atoms with Crippen LogP contribution < -0.4 is 19.5 Å². The lowest BCUT2D eigenvalue weighted by molar-refractivity contribution is -0.120. The molecule has 2 aromatic carbocycles. The maximum atomic E-state index is 12.7. The molecule has 1 amide bonds. The number of carbonyl (C=O) groups excluding carboxylic acids is 1. The monoisotopic (exact) mass is 398 g/mol. The number of nitrogens with one attached hydrogen (secondary N) is 1. The molecular formula is C23H30N2O4. The number of hydrogen-bond donors (Lipinski definition) is 1. The minimum absolute atomic E-state index is 0.0347. The second-order valence-electron chi connectivity index (χ2n) is 7.16. The van der Waals surface area contributed by atoms with Crippen molar-refractivity contribution in [2.24, 2.45) is 0 Å². The summed E-state index contributed by atoms with van der Waals surface area (Å²) in [6.07, 6.45) is 2.62. The summed E-state index contributed by atoms with van der Waals surface area (Å²) in [4.78, 5) is 15.1. The molecule has 6 nitrogen and oxygen atoms in total. The third-order valence-electron chi connectivity index (χ3n) is 5.42. The maximum absolute atomic E-state index is 12.7. The highest BCUT2D eigenvalue weighted by atomic mass is 16.5. The van der Waals surface area contributed by atoms with Gasteiger partial charge in [-0.25, -0.2) is 0 Å². The summed E-state index contributed by atoms with van der Waals surface area (Å²) < 4.78 is 16.2. The average Bonchev–Trinajstić information content (AvgIpc) is 3.29. The van der Waals surface area contributed by atoms with Crippen LogP contribution in [0.3, 0.4) is 0 Å². The Kier molecular flexibility index (Phi) is 7.36. The van der Waals surface area contributed by atoms with Gasteiger partial charge < -0.3 is 19.5 Å². The summed E-state index contributed by atoms with van der Waals surface area (Å²) in [6, 6.07) is 13.6. The number of carbonyl (C=O) groups is 1. The molecule has 0 saturated carbocycles. The van der Waals surface area contributed by atoms with Crippen LogP contribution in [0.4, 0.5) is 0 Å². The quantitative estimate of drug-likeness (QED) is 0.703. The van der Waals surface area contributed by atoms with Crippen LogP contribution in [-0.4, -0.2) is 51.8 Å². The molecule has 1 saturated heterocycles. The fourth-order valence-electron chi connectivity index (χ4n) is 3.87. The fourth-order valence-corrected chi connectivity index (χ4v) is 3.87. The van der Waals surface area contributed by atoms with Crippen LogP contribution in [0.2, 0.25) is 0 Å². The van der Waals surface area contributed by atoms with Gasteiger partial charge in [0.2, 0.25) is 5.91 Å². The van der Waals surface area contributed by atoms with Crippen molar-refractivity contribution in [3.05, 3.63) is 53.6 Å². The van der Waals surface area contributed by atoms with Crippen molar-refractivity contribution in [2.75, 3.05) is 41.0 Å². The summed E-state index contributed by atoms with van der Waals surface area (Å²) in [5.74, 6) is 2.18. The first-order valence-electron chi connectivity index (χ1n) is 10.0. The van der Waals surface area contributed by atoms with Crippen molar-refractivity contribution in [1.29, 1.82) is 0 Å². The SMILES string of the molecule is COc1ccc(CC(=O)NCC(c2ccccc2OC)N2CCCC2)c(OC)c1. The van der Waals surface area contributed by atoms with Gasteiger partial charge in [0.05, 0.1) is 33.8 Å². The smallest absolute Gasteiger partial charge is 0.224 e. The van der Waals surface area contributed by atoms with Gasteiger partial charge in [-0.2, -0.15) is 0 Å². The fraction of sp³-hybridized carbons (Fsp3) is 0.435. The molecule has 0 bridgehead atoms.